The van der Waals surface area contributed by atoms with Gasteiger partial charge in [-0.15, -0.1) is 0 Å². The van der Waals surface area contributed by atoms with Gasteiger partial charge in [0, 0.05) is 16.7 Å². The second kappa shape index (κ2) is 7.81. The van der Waals surface area contributed by atoms with Crippen LogP contribution in [0.15, 0.2) is 71.3 Å². The van der Waals surface area contributed by atoms with Crippen LogP contribution < -0.4 is 5.32 Å². The Labute approximate surface area is 151 Å². The van der Waals surface area contributed by atoms with Gasteiger partial charge in [0.15, 0.2) is 5.76 Å². The van der Waals surface area contributed by atoms with E-state index < -0.39 is 0 Å². The fraction of sp³-hybridized carbons (Fsp3) is 0.100. The molecule has 0 fully saturated rings. The smallest absolute Gasteiger partial charge is 0.244 e. The quantitative estimate of drug-likeness (QED) is 0.676. The van der Waals surface area contributed by atoms with Gasteiger partial charge < -0.3 is 9.73 Å². The van der Waals surface area contributed by atoms with Crippen LogP contribution in [0.25, 0.3) is 16.9 Å². The van der Waals surface area contributed by atoms with E-state index in [0.29, 0.717) is 16.7 Å². The maximum absolute atomic E-state index is 12.1. The molecule has 2 aromatic carbocycles. The van der Waals surface area contributed by atoms with Crippen molar-refractivity contribution in [3.8, 4) is 11.3 Å². The first-order chi connectivity index (χ1) is 12.1. The molecule has 1 N–H and O–H groups in total. The monoisotopic (exact) mass is 352 g/mol. The molecule has 0 saturated carbocycles. The second-order valence-electron chi connectivity index (χ2n) is 5.51. The third-order valence-electron chi connectivity index (χ3n) is 3.67. The van der Waals surface area contributed by atoms with Crippen molar-refractivity contribution in [2.24, 2.45) is 0 Å². The number of carbonyl (C=O) groups excluding carboxylic acids is 1. The number of benzene rings is 2. The molecule has 5 heteroatoms. The van der Waals surface area contributed by atoms with Crippen molar-refractivity contribution < 1.29 is 9.21 Å². The molecule has 1 aromatic heterocycles. The minimum Gasteiger partial charge on any atom is -0.439 e. The summed E-state index contributed by atoms with van der Waals surface area (Å²) in [4.78, 5) is 16.3. The molecule has 0 aliphatic carbocycles. The molecule has 0 saturated heterocycles. The highest BCUT2D eigenvalue weighted by Gasteiger charge is 2.08. The molecule has 0 bridgehead atoms. The number of hydrogen-bond donors (Lipinski definition) is 1. The maximum Gasteiger partial charge on any atom is 0.244 e. The predicted octanol–water partition coefficient (Wildman–Crippen LogP) is 4.71. The van der Waals surface area contributed by atoms with Crippen molar-refractivity contribution in [2.45, 2.75) is 13.5 Å². The lowest BCUT2D eigenvalue weighted by atomic mass is 10.1. The highest BCUT2D eigenvalue weighted by Crippen LogP contribution is 2.23. The van der Waals surface area contributed by atoms with Crippen LogP contribution in [-0.2, 0) is 11.3 Å². The molecule has 1 amide bonds. The number of allylic oxidation sites excluding steroid dienone is 1. The van der Waals surface area contributed by atoms with Gasteiger partial charge >= 0.3 is 0 Å². The topological polar surface area (TPSA) is 55.1 Å². The van der Waals surface area contributed by atoms with Gasteiger partial charge in [-0.1, -0.05) is 60.1 Å². The maximum atomic E-state index is 12.1. The Morgan fingerprint density at radius 1 is 1.16 bits per heavy atom. The number of halogens is 1. The number of rotatable bonds is 5. The Kier molecular flexibility index (Phi) is 5.31. The zero-order valence-corrected chi connectivity index (χ0v) is 14.5. The summed E-state index contributed by atoms with van der Waals surface area (Å²) in [6.07, 6.45) is 3.17. The molecule has 0 aliphatic heterocycles. The van der Waals surface area contributed by atoms with E-state index in [4.69, 9.17) is 16.0 Å². The number of nitrogens with zero attached hydrogens (tertiary/aromatic N) is 1. The first kappa shape index (κ1) is 17.0. The van der Waals surface area contributed by atoms with E-state index in [9.17, 15) is 4.79 Å². The number of oxazole rings is 1. The van der Waals surface area contributed by atoms with Gasteiger partial charge in [-0.25, -0.2) is 4.98 Å². The molecule has 0 atom stereocenters. The third-order valence-corrected chi connectivity index (χ3v) is 4.00. The van der Waals surface area contributed by atoms with E-state index in [0.717, 1.165) is 16.7 Å². The molecular weight excluding hydrogens is 336 g/mol. The molecule has 0 unspecified atom stereocenters. The van der Waals surface area contributed by atoms with Crippen LogP contribution in [0.3, 0.4) is 0 Å². The zero-order valence-electron chi connectivity index (χ0n) is 13.7. The Balaban J connectivity index is 1.62. The van der Waals surface area contributed by atoms with E-state index in [1.54, 1.807) is 12.3 Å². The van der Waals surface area contributed by atoms with Crippen LogP contribution in [0.4, 0.5) is 0 Å². The molecule has 25 heavy (non-hydrogen) atoms. The number of hydrogen-bond acceptors (Lipinski definition) is 3. The third kappa shape index (κ3) is 4.37. The lowest BCUT2D eigenvalue weighted by Gasteiger charge is -2.04. The van der Waals surface area contributed by atoms with E-state index in [1.807, 2.05) is 55.5 Å². The lowest BCUT2D eigenvalue weighted by molar-refractivity contribution is -0.116. The molecule has 4 nitrogen and oxygen atoms in total. The summed E-state index contributed by atoms with van der Waals surface area (Å²) in [6.45, 7) is 2.07. The first-order valence-corrected chi connectivity index (χ1v) is 8.22. The zero-order chi connectivity index (χ0) is 17.6. The normalized spacial score (nSPS) is 11.4. The lowest BCUT2D eigenvalue weighted by Crippen LogP contribution is -2.20. The van der Waals surface area contributed by atoms with Crippen molar-refractivity contribution in [1.29, 1.82) is 0 Å². The van der Waals surface area contributed by atoms with Crippen molar-refractivity contribution in [3.63, 3.8) is 0 Å². The van der Waals surface area contributed by atoms with Gasteiger partial charge in [-0.05, 0) is 24.1 Å². The second-order valence-corrected chi connectivity index (χ2v) is 5.92. The molecule has 126 valence electrons. The van der Waals surface area contributed by atoms with E-state index in [2.05, 4.69) is 10.3 Å². The van der Waals surface area contributed by atoms with Gasteiger partial charge in [-0.2, -0.15) is 0 Å². The Morgan fingerprint density at radius 2 is 1.88 bits per heavy atom. The minimum absolute atomic E-state index is 0.220. The molecule has 3 rings (SSSR count). The Hall–Kier alpha value is -2.85. The predicted molar refractivity (Wildman–Crippen MR) is 98.9 cm³/mol. The van der Waals surface area contributed by atoms with E-state index in [-0.39, 0.29) is 12.5 Å². The summed E-state index contributed by atoms with van der Waals surface area (Å²) in [7, 11) is 0. The SMILES string of the molecule is C/C(=C/C(=O)NCc1ncc(-c2ccccc2)o1)c1ccccc1Cl. The van der Waals surface area contributed by atoms with Gasteiger partial charge in [0.25, 0.3) is 0 Å². The standard InChI is InChI=1S/C20H17ClN2O2/c1-14(16-9-5-6-10-17(16)21)11-19(24)22-13-20-23-12-18(25-20)15-7-3-2-4-8-15/h2-12H,13H2,1H3,(H,22,24)/b14-11-. The summed E-state index contributed by atoms with van der Waals surface area (Å²) in [5, 5.41) is 3.38. The van der Waals surface area contributed by atoms with Crippen LogP contribution in [0.1, 0.15) is 18.4 Å². The molecule has 1 heterocycles. The van der Waals surface area contributed by atoms with Gasteiger partial charge in [0.05, 0.1) is 12.7 Å². The van der Waals surface area contributed by atoms with Crippen LogP contribution in [-0.4, -0.2) is 10.9 Å². The number of amides is 1. The molecule has 3 aromatic rings. The summed E-state index contributed by atoms with van der Waals surface area (Å²) >= 11 is 6.14. The highest BCUT2D eigenvalue weighted by molar-refractivity contribution is 6.32. The largest absolute Gasteiger partial charge is 0.439 e. The van der Waals surface area contributed by atoms with Crippen molar-refractivity contribution >= 4 is 23.1 Å². The number of aromatic nitrogens is 1. The fourth-order valence-electron chi connectivity index (χ4n) is 2.40. The minimum atomic E-state index is -0.225. The van der Waals surface area contributed by atoms with Crippen LogP contribution in [0.2, 0.25) is 5.02 Å². The van der Waals surface area contributed by atoms with Crippen molar-refractivity contribution in [3.05, 3.63) is 83.3 Å². The average Bonchev–Trinajstić information content (AvgIpc) is 3.10. The van der Waals surface area contributed by atoms with E-state index in [1.165, 1.54) is 6.08 Å². The van der Waals surface area contributed by atoms with Gasteiger partial charge in [0.2, 0.25) is 11.8 Å². The van der Waals surface area contributed by atoms with E-state index >= 15 is 0 Å². The Morgan fingerprint density at radius 3 is 2.64 bits per heavy atom. The van der Waals surface area contributed by atoms with Crippen molar-refractivity contribution in [1.82, 2.24) is 10.3 Å². The van der Waals surface area contributed by atoms with Crippen LogP contribution >= 0.6 is 11.6 Å². The first-order valence-electron chi connectivity index (χ1n) is 7.84. The molecule has 0 aliphatic rings. The summed E-state index contributed by atoms with van der Waals surface area (Å²) in [6, 6.07) is 17.1. The summed E-state index contributed by atoms with van der Waals surface area (Å²) in [5.74, 6) is 0.903. The van der Waals surface area contributed by atoms with Crippen LogP contribution in [0, 0.1) is 0 Å². The molecule has 0 radical (unpaired) electrons. The Bertz CT molecular complexity index is 901. The number of nitrogens with one attached hydrogen (secondary N) is 1. The fourth-order valence-corrected chi connectivity index (χ4v) is 2.68. The summed E-state index contributed by atoms with van der Waals surface area (Å²) < 4.78 is 5.66. The highest BCUT2D eigenvalue weighted by atomic mass is 35.5. The number of carbonyl (C=O) groups is 1. The molecular formula is C20H17ClN2O2. The van der Waals surface area contributed by atoms with Gasteiger partial charge in [0.1, 0.15) is 0 Å². The van der Waals surface area contributed by atoms with Crippen LogP contribution in [0.5, 0.6) is 0 Å². The average molecular weight is 353 g/mol. The molecule has 0 spiro atoms. The summed E-state index contributed by atoms with van der Waals surface area (Å²) in [5.41, 5.74) is 2.57. The van der Waals surface area contributed by atoms with Crippen molar-refractivity contribution in [2.75, 3.05) is 0 Å². The van der Waals surface area contributed by atoms with Gasteiger partial charge in [-0.3, -0.25) is 4.79 Å².